The van der Waals surface area contributed by atoms with E-state index in [-0.39, 0.29) is 0 Å². The monoisotopic (exact) mass is 278 g/mol. The molecule has 2 aromatic carbocycles. The predicted octanol–water partition coefficient (Wildman–Crippen LogP) is 3.90. The van der Waals surface area contributed by atoms with Gasteiger partial charge in [0.1, 0.15) is 11.6 Å². The minimum absolute atomic E-state index is 0.821. The van der Waals surface area contributed by atoms with Crippen LogP contribution in [0.2, 0.25) is 0 Å². The van der Waals surface area contributed by atoms with Crippen LogP contribution in [0.15, 0.2) is 60.8 Å². The number of nitrogens with zero attached hydrogens (tertiary/aromatic N) is 1. The molecule has 1 N–H and O–H groups in total. The fraction of sp³-hybridized carbons (Fsp3) is 0.167. The molecule has 0 spiro atoms. The van der Waals surface area contributed by atoms with Gasteiger partial charge in [-0.15, -0.1) is 0 Å². The molecule has 21 heavy (non-hydrogen) atoms. The Labute approximate surface area is 124 Å². The van der Waals surface area contributed by atoms with Gasteiger partial charge in [-0.2, -0.15) is 0 Å². The molecule has 3 nitrogen and oxygen atoms in total. The molecule has 3 aromatic rings. The molecule has 1 heterocycles. The molecule has 0 unspecified atom stereocenters. The third kappa shape index (κ3) is 2.97. The van der Waals surface area contributed by atoms with Crippen LogP contribution in [-0.4, -0.2) is 18.6 Å². The summed E-state index contributed by atoms with van der Waals surface area (Å²) in [5.74, 6) is 1.87. The maximum Gasteiger partial charge on any atom is 0.133 e. The van der Waals surface area contributed by atoms with Crippen LogP contribution < -0.4 is 10.1 Å². The number of benzene rings is 2. The Bertz CT molecular complexity index is 735. The van der Waals surface area contributed by atoms with E-state index in [1.807, 2.05) is 42.6 Å². The van der Waals surface area contributed by atoms with Crippen molar-refractivity contribution in [2.45, 2.75) is 6.42 Å². The van der Waals surface area contributed by atoms with E-state index in [0.29, 0.717) is 0 Å². The third-order valence-corrected chi connectivity index (χ3v) is 3.55. The van der Waals surface area contributed by atoms with Crippen LogP contribution >= 0.6 is 0 Å². The Hall–Kier alpha value is -2.55. The highest BCUT2D eigenvalue weighted by Gasteiger charge is 2.03. The van der Waals surface area contributed by atoms with E-state index in [9.17, 15) is 0 Å². The zero-order valence-electron chi connectivity index (χ0n) is 12.0. The van der Waals surface area contributed by atoms with Crippen molar-refractivity contribution in [1.82, 2.24) is 4.98 Å². The van der Waals surface area contributed by atoms with Gasteiger partial charge in [-0.1, -0.05) is 42.5 Å². The van der Waals surface area contributed by atoms with Gasteiger partial charge in [-0.25, -0.2) is 4.98 Å². The largest absolute Gasteiger partial charge is 0.496 e. The van der Waals surface area contributed by atoms with Crippen molar-refractivity contribution in [3.63, 3.8) is 0 Å². The molecule has 0 aliphatic rings. The molecule has 0 atom stereocenters. The van der Waals surface area contributed by atoms with Gasteiger partial charge < -0.3 is 10.1 Å². The van der Waals surface area contributed by atoms with Crippen LogP contribution in [-0.2, 0) is 6.42 Å². The lowest BCUT2D eigenvalue weighted by atomic mass is 10.1. The normalized spacial score (nSPS) is 10.5. The van der Waals surface area contributed by atoms with Gasteiger partial charge in [-0.3, -0.25) is 0 Å². The molecule has 0 saturated carbocycles. The van der Waals surface area contributed by atoms with Crippen LogP contribution in [0.5, 0.6) is 5.75 Å². The zero-order valence-corrected chi connectivity index (χ0v) is 12.0. The van der Waals surface area contributed by atoms with E-state index in [1.54, 1.807) is 7.11 Å². The average Bonchev–Trinajstić information content (AvgIpc) is 2.55. The molecule has 0 fully saturated rings. The molecule has 0 aliphatic heterocycles. The van der Waals surface area contributed by atoms with Crippen molar-refractivity contribution in [1.29, 1.82) is 0 Å². The number of hydrogen-bond acceptors (Lipinski definition) is 3. The highest BCUT2D eigenvalue weighted by Crippen LogP contribution is 2.21. The summed E-state index contributed by atoms with van der Waals surface area (Å²) < 4.78 is 5.37. The van der Waals surface area contributed by atoms with Crippen LogP contribution in [0, 0.1) is 0 Å². The number of fused-ring (bicyclic) bond motifs is 1. The summed E-state index contributed by atoms with van der Waals surface area (Å²) in [5, 5.41) is 5.77. The number of aromatic nitrogens is 1. The van der Waals surface area contributed by atoms with Crippen molar-refractivity contribution >= 4 is 16.6 Å². The smallest absolute Gasteiger partial charge is 0.133 e. The summed E-state index contributed by atoms with van der Waals surface area (Å²) in [4.78, 5) is 4.44. The molecule has 0 bridgehead atoms. The van der Waals surface area contributed by atoms with Gasteiger partial charge in [0.15, 0.2) is 0 Å². The van der Waals surface area contributed by atoms with Crippen LogP contribution in [0.3, 0.4) is 0 Å². The van der Waals surface area contributed by atoms with Crippen molar-refractivity contribution in [2.75, 3.05) is 19.0 Å². The van der Waals surface area contributed by atoms with Crippen molar-refractivity contribution in [3.05, 3.63) is 66.4 Å². The molecule has 106 valence electrons. The first-order valence-corrected chi connectivity index (χ1v) is 7.08. The summed E-state index contributed by atoms with van der Waals surface area (Å²) in [5.41, 5.74) is 1.20. The topological polar surface area (TPSA) is 34.1 Å². The van der Waals surface area contributed by atoms with E-state index in [0.717, 1.165) is 29.9 Å². The number of methoxy groups -OCH3 is 1. The minimum Gasteiger partial charge on any atom is -0.496 e. The fourth-order valence-electron chi connectivity index (χ4n) is 2.49. The van der Waals surface area contributed by atoms with Gasteiger partial charge in [-0.05, 0) is 29.5 Å². The van der Waals surface area contributed by atoms with Gasteiger partial charge in [0.2, 0.25) is 0 Å². The fourth-order valence-corrected chi connectivity index (χ4v) is 2.49. The van der Waals surface area contributed by atoms with Crippen molar-refractivity contribution in [2.24, 2.45) is 0 Å². The molecule has 1 aromatic heterocycles. The Morgan fingerprint density at radius 1 is 1.00 bits per heavy atom. The molecule has 3 rings (SSSR count). The highest BCUT2D eigenvalue weighted by molar-refractivity contribution is 5.91. The number of nitrogens with one attached hydrogen (secondary N) is 1. The molecular formula is C18H18N2O. The summed E-state index contributed by atoms with van der Waals surface area (Å²) in [6, 6.07) is 18.4. The lowest BCUT2D eigenvalue weighted by Gasteiger charge is -2.10. The van der Waals surface area contributed by atoms with Crippen LogP contribution in [0.1, 0.15) is 5.56 Å². The number of hydrogen-bond donors (Lipinski definition) is 1. The first kappa shape index (κ1) is 13.4. The Morgan fingerprint density at radius 2 is 1.81 bits per heavy atom. The maximum atomic E-state index is 5.37. The number of rotatable bonds is 5. The van der Waals surface area contributed by atoms with Crippen molar-refractivity contribution in [3.8, 4) is 5.75 Å². The van der Waals surface area contributed by atoms with Gasteiger partial charge in [0, 0.05) is 18.1 Å². The third-order valence-electron chi connectivity index (χ3n) is 3.55. The Morgan fingerprint density at radius 3 is 2.71 bits per heavy atom. The number of pyridine rings is 1. The summed E-state index contributed by atoms with van der Waals surface area (Å²) in [6.45, 7) is 0.821. The first-order valence-electron chi connectivity index (χ1n) is 7.08. The van der Waals surface area contributed by atoms with E-state index in [4.69, 9.17) is 4.74 Å². The highest BCUT2D eigenvalue weighted by atomic mass is 16.5. The Kier molecular flexibility index (Phi) is 4.01. The lowest BCUT2D eigenvalue weighted by Crippen LogP contribution is -2.07. The van der Waals surface area contributed by atoms with Crippen LogP contribution in [0.4, 0.5) is 5.82 Å². The predicted molar refractivity (Wildman–Crippen MR) is 86.9 cm³/mol. The molecule has 0 amide bonds. The Balaban J connectivity index is 1.72. The minimum atomic E-state index is 0.821. The SMILES string of the molecule is COc1ccccc1CCNc1nccc2ccccc12. The van der Waals surface area contributed by atoms with E-state index >= 15 is 0 Å². The molecule has 3 heteroatoms. The summed E-state index contributed by atoms with van der Waals surface area (Å²) >= 11 is 0. The van der Waals surface area contributed by atoms with Crippen molar-refractivity contribution < 1.29 is 4.74 Å². The van der Waals surface area contributed by atoms with Crippen LogP contribution in [0.25, 0.3) is 10.8 Å². The molecule has 0 saturated heterocycles. The molecular weight excluding hydrogens is 260 g/mol. The summed E-state index contributed by atoms with van der Waals surface area (Å²) in [6.07, 6.45) is 2.74. The van der Waals surface area contributed by atoms with Gasteiger partial charge >= 0.3 is 0 Å². The van der Waals surface area contributed by atoms with E-state index in [1.165, 1.54) is 10.9 Å². The van der Waals surface area contributed by atoms with Gasteiger partial charge in [0.25, 0.3) is 0 Å². The average molecular weight is 278 g/mol. The second-order valence-electron chi connectivity index (χ2n) is 4.87. The standard InChI is InChI=1S/C18H18N2O/c1-21-17-9-5-3-7-15(17)11-13-20-18-16-8-4-2-6-14(16)10-12-19-18/h2-10,12H,11,13H2,1H3,(H,19,20). The quantitative estimate of drug-likeness (QED) is 0.768. The molecule has 0 aliphatic carbocycles. The first-order chi connectivity index (χ1) is 10.4. The zero-order chi connectivity index (χ0) is 14.5. The lowest BCUT2D eigenvalue weighted by molar-refractivity contribution is 0.410. The van der Waals surface area contributed by atoms with E-state index in [2.05, 4.69) is 28.5 Å². The number of ether oxygens (including phenoxy) is 1. The van der Waals surface area contributed by atoms with Gasteiger partial charge in [0.05, 0.1) is 7.11 Å². The number of para-hydroxylation sites is 1. The summed E-state index contributed by atoms with van der Waals surface area (Å²) in [7, 11) is 1.71. The maximum absolute atomic E-state index is 5.37. The second kappa shape index (κ2) is 6.27. The second-order valence-corrected chi connectivity index (χ2v) is 4.87. The molecule has 0 radical (unpaired) electrons. The van der Waals surface area contributed by atoms with E-state index < -0.39 is 0 Å². The number of anilines is 1.